The molecule has 3 heterocycles. The molecule has 40 heavy (non-hydrogen) atoms. The van der Waals surface area contributed by atoms with Gasteiger partial charge in [-0.15, -0.1) is 0 Å². The highest BCUT2D eigenvalue weighted by Crippen LogP contribution is 2.34. The van der Waals surface area contributed by atoms with E-state index < -0.39 is 0 Å². The molecule has 1 amide bonds. The van der Waals surface area contributed by atoms with E-state index in [1.807, 2.05) is 56.9 Å². The molecule has 1 atom stereocenters. The van der Waals surface area contributed by atoms with Crippen LogP contribution in [0.1, 0.15) is 75.5 Å². The minimum Gasteiger partial charge on any atom is -0.395 e. The number of hydrogen-bond donors (Lipinski definition) is 2. The Hall–Kier alpha value is -2.60. The van der Waals surface area contributed by atoms with Crippen LogP contribution >= 0.6 is 11.6 Å². The molecule has 2 aliphatic rings. The number of likely N-dealkylation sites (tertiary alicyclic amines) is 2. The van der Waals surface area contributed by atoms with Crippen molar-refractivity contribution in [1.29, 1.82) is 0 Å². The maximum Gasteiger partial charge on any atom is 0.209 e. The van der Waals surface area contributed by atoms with Crippen LogP contribution < -0.4 is 0 Å². The highest BCUT2D eigenvalue weighted by molar-refractivity contribution is 6.31. The number of nitrogens with one attached hydrogen (secondary N) is 1. The molecular formula is C34H48ClN3O2. The van der Waals surface area contributed by atoms with Gasteiger partial charge < -0.3 is 15.0 Å². The first-order valence-electron chi connectivity index (χ1n) is 15.0. The smallest absolute Gasteiger partial charge is 0.209 e. The standard InChI is InChI=1S/C22H31N3O2.C10H11Cl.C2H6/c26-15-19(13-17-5-9-24(16-27)10-6-17)25-11-7-18(8-12-25)21-14-23-22-4-2-1-3-20(21)22;1-3-4-9-6-5-8(2)10(11)7-9;1-2/h1-4,14,16-19,23,26H,5-13,15H2;3-7H,1-2H3;1-2H3/b;4-3+;. The molecule has 2 aromatic carbocycles. The summed E-state index contributed by atoms with van der Waals surface area (Å²) in [5, 5.41) is 12.2. The van der Waals surface area contributed by atoms with E-state index in [0.29, 0.717) is 11.8 Å². The summed E-state index contributed by atoms with van der Waals surface area (Å²) in [7, 11) is 0. The minimum atomic E-state index is 0.242. The van der Waals surface area contributed by atoms with E-state index in [4.69, 9.17) is 11.6 Å². The van der Waals surface area contributed by atoms with Crippen molar-refractivity contribution >= 4 is 35.0 Å². The van der Waals surface area contributed by atoms with Crippen LogP contribution in [0.4, 0.5) is 0 Å². The third-order valence-electron chi connectivity index (χ3n) is 8.28. The van der Waals surface area contributed by atoms with Gasteiger partial charge in [0.05, 0.1) is 6.61 Å². The molecule has 0 saturated carbocycles. The van der Waals surface area contributed by atoms with Crippen molar-refractivity contribution in [3.63, 3.8) is 0 Å². The number of fused-ring (bicyclic) bond motifs is 1. The summed E-state index contributed by atoms with van der Waals surface area (Å²) in [6.07, 6.45) is 12.7. The summed E-state index contributed by atoms with van der Waals surface area (Å²) in [5.74, 6) is 1.23. The molecule has 2 N–H and O–H groups in total. The SMILES string of the molecule is C/C=C/c1ccc(C)c(Cl)c1.CC.O=CN1CCC(CC(CO)N2CCC(c3c[nH]c4ccccc34)CC2)CC1. The molecular weight excluding hydrogens is 518 g/mol. The number of carbonyl (C=O) groups is 1. The normalized spacial score (nSPS) is 17.7. The third-order valence-corrected chi connectivity index (χ3v) is 8.68. The van der Waals surface area contributed by atoms with Crippen LogP contribution in [0.15, 0.2) is 54.7 Å². The Balaban J connectivity index is 0.000000285. The van der Waals surface area contributed by atoms with Crippen LogP contribution in [-0.4, -0.2) is 65.1 Å². The van der Waals surface area contributed by atoms with E-state index in [1.54, 1.807) is 0 Å². The van der Waals surface area contributed by atoms with Gasteiger partial charge in [-0.2, -0.15) is 0 Å². The van der Waals surface area contributed by atoms with Crippen molar-refractivity contribution in [2.75, 3.05) is 32.8 Å². The average molecular weight is 566 g/mol. The fraction of sp³-hybridized carbons (Fsp3) is 0.500. The Labute approximate surface area is 246 Å². The van der Waals surface area contributed by atoms with Crippen LogP contribution in [0, 0.1) is 12.8 Å². The van der Waals surface area contributed by atoms with E-state index in [-0.39, 0.29) is 12.6 Å². The van der Waals surface area contributed by atoms with Gasteiger partial charge in [0, 0.05) is 41.3 Å². The van der Waals surface area contributed by atoms with E-state index in [1.165, 1.54) is 16.5 Å². The molecule has 6 heteroatoms. The number of H-pyrrole nitrogens is 1. The van der Waals surface area contributed by atoms with Crippen LogP contribution in [0.2, 0.25) is 5.02 Å². The van der Waals surface area contributed by atoms with Gasteiger partial charge in [0.1, 0.15) is 0 Å². The quantitative estimate of drug-likeness (QED) is 0.289. The number of para-hydroxylation sites is 1. The maximum absolute atomic E-state index is 10.9. The van der Waals surface area contributed by atoms with Gasteiger partial charge in [-0.3, -0.25) is 9.69 Å². The Morgan fingerprint density at radius 1 is 1.05 bits per heavy atom. The second-order valence-electron chi connectivity index (χ2n) is 10.8. The lowest BCUT2D eigenvalue weighted by atomic mass is 9.86. The number of nitrogens with zero attached hydrogens (tertiary/aromatic N) is 2. The van der Waals surface area contributed by atoms with Crippen molar-refractivity contribution in [3.8, 4) is 0 Å². The number of carbonyl (C=O) groups excluding carboxylic acids is 1. The second kappa shape index (κ2) is 16.6. The number of piperidine rings is 2. The van der Waals surface area contributed by atoms with Gasteiger partial charge in [-0.25, -0.2) is 0 Å². The van der Waals surface area contributed by atoms with E-state index in [9.17, 15) is 9.90 Å². The molecule has 2 aliphatic heterocycles. The van der Waals surface area contributed by atoms with Crippen molar-refractivity contribution in [3.05, 3.63) is 76.5 Å². The van der Waals surface area contributed by atoms with E-state index >= 15 is 0 Å². The molecule has 0 radical (unpaired) electrons. The topological polar surface area (TPSA) is 59.6 Å². The number of hydrogen-bond acceptors (Lipinski definition) is 3. The molecule has 0 aliphatic carbocycles. The average Bonchev–Trinajstić information content (AvgIpc) is 3.44. The monoisotopic (exact) mass is 565 g/mol. The van der Waals surface area contributed by atoms with Gasteiger partial charge in [0.25, 0.3) is 0 Å². The first-order valence-corrected chi connectivity index (χ1v) is 15.4. The summed E-state index contributed by atoms with van der Waals surface area (Å²) < 4.78 is 0. The minimum absolute atomic E-state index is 0.242. The lowest BCUT2D eigenvalue weighted by molar-refractivity contribution is -0.119. The van der Waals surface area contributed by atoms with E-state index in [2.05, 4.69) is 46.4 Å². The second-order valence-corrected chi connectivity index (χ2v) is 11.2. The molecule has 218 valence electrons. The van der Waals surface area contributed by atoms with Gasteiger partial charge in [-0.05, 0) is 99.7 Å². The van der Waals surface area contributed by atoms with Gasteiger partial charge in [0.2, 0.25) is 6.41 Å². The fourth-order valence-corrected chi connectivity index (χ4v) is 6.12. The summed E-state index contributed by atoms with van der Waals surface area (Å²) in [5.41, 5.74) is 4.96. The first-order chi connectivity index (χ1) is 19.5. The number of allylic oxidation sites excluding steroid dienone is 1. The maximum atomic E-state index is 10.9. The molecule has 1 unspecified atom stereocenters. The van der Waals surface area contributed by atoms with Gasteiger partial charge in [0.15, 0.2) is 0 Å². The molecule has 0 spiro atoms. The highest BCUT2D eigenvalue weighted by atomic mass is 35.5. The van der Waals surface area contributed by atoms with Crippen molar-refractivity contribution in [2.24, 2.45) is 5.92 Å². The van der Waals surface area contributed by atoms with Crippen molar-refractivity contribution in [2.45, 2.75) is 71.8 Å². The zero-order valence-corrected chi connectivity index (χ0v) is 25.5. The zero-order chi connectivity index (χ0) is 28.9. The largest absolute Gasteiger partial charge is 0.395 e. The Kier molecular flexibility index (Phi) is 13.3. The van der Waals surface area contributed by atoms with Crippen LogP contribution in [-0.2, 0) is 4.79 Å². The Morgan fingerprint density at radius 2 is 1.75 bits per heavy atom. The van der Waals surface area contributed by atoms with Crippen LogP contribution in [0.25, 0.3) is 17.0 Å². The predicted octanol–water partition coefficient (Wildman–Crippen LogP) is 7.67. The van der Waals surface area contributed by atoms with E-state index in [0.717, 1.165) is 80.8 Å². The molecule has 5 nitrogen and oxygen atoms in total. The number of amides is 1. The van der Waals surface area contributed by atoms with Crippen LogP contribution in [0.3, 0.4) is 0 Å². The van der Waals surface area contributed by atoms with Crippen molar-refractivity contribution < 1.29 is 9.90 Å². The van der Waals surface area contributed by atoms with Crippen molar-refractivity contribution in [1.82, 2.24) is 14.8 Å². The molecule has 0 bridgehead atoms. The number of halogens is 1. The molecule has 2 saturated heterocycles. The third kappa shape index (κ3) is 8.70. The summed E-state index contributed by atoms with van der Waals surface area (Å²) in [4.78, 5) is 18.7. The molecule has 1 aromatic heterocycles. The number of aliphatic hydroxyl groups is 1. The number of aliphatic hydroxyl groups excluding tert-OH is 1. The summed E-state index contributed by atoms with van der Waals surface area (Å²) >= 11 is 5.92. The number of aromatic amines is 1. The number of aromatic nitrogens is 1. The fourth-order valence-electron chi connectivity index (χ4n) is 5.93. The highest BCUT2D eigenvalue weighted by Gasteiger charge is 2.29. The Bertz CT molecular complexity index is 1190. The number of aryl methyl sites for hydroxylation is 1. The number of rotatable bonds is 7. The summed E-state index contributed by atoms with van der Waals surface area (Å²) in [6.45, 7) is 12.1. The molecule has 2 fully saturated rings. The molecule has 3 aromatic rings. The predicted molar refractivity (Wildman–Crippen MR) is 170 cm³/mol. The van der Waals surface area contributed by atoms with Crippen LogP contribution in [0.5, 0.6) is 0 Å². The zero-order valence-electron chi connectivity index (χ0n) is 24.8. The van der Waals surface area contributed by atoms with Gasteiger partial charge >= 0.3 is 0 Å². The van der Waals surface area contributed by atoms with Gasteiger partial charge in [-0.1, -0.05) is 67.9 Å². The molecule has 5 rings (SSSR count). The lowest BCUT2D eigenvalue weighted by Crippen LogP contribution is -2.45. The summed E-state index contributed by atoms with van der Waals surface area (Å²) in [6, 6.07) is 14.9. The lowest BCUT2D eigenvalue weighted by Gasteiger charge is -2.39. The Morgan fingerprint density at radius 3 is 2.38 bits per heavy atom. The first kappa shape index (κ1) is 31.9. The number of benzene rings is 2.